The normalized spacial score (nSPS) is 10.4. The predicted octanol–water partition coefficient (Wildman–Crippen LogP) is 4.41. The van der Waals surface area contributed by atoms with E-state index in [2.05, 4.69) is 4.98 Å². The molecule has 146 valence electrons. The van der Waals surface area contributed by atoms with Gasteiger partial charge in [0.25, 0.3) is 0 Å². The lowest BCUT2D eigenvalue weighted by Crippen LogP contribution is -2.05. The van der Waals surface area contributed by atoms with Gasteiger partial charge < -0.3 is 9.84 Å². The quantitative estimate of drug-likeness (QED) is 0.669. The van der Waals surface area contributed by atoms with E-state index >= 15 is 0 Å². The van der Waals surface area contributed by atoms with E-state index < -0.39 is 24.0 Å². The molecule has 1 aromatic heterocycles. The number of aromatic nitrogens is 1. The lowest BCUT2D eigenvalue weighted by atomic mass is 9.99. The largest absolute Gasteiger partial charge is 0.481 e. The number of aliphatic carboxylic acids is 1. The van der Waals surface area contributed by atoms with Crippen LogP contribution in [-0.4, -0.2) is 16.1 Å². The van der Waals surface area contributed by atoms with Gasteiger partial charge >= 0.3 is 5.97 Å². The summed E-state index contributed by atoms with van der Waals surface area (Å²) in [6, 6.07) is 13.9. The van der Waals surface area contributed by atoms with E-state index in [9.17, 15) is 13.6 Å². The van der Waals surface area contributed by atoms with Crippen LogP contribution in [0.5, 0.6) is 5.88 Å². The topological polar surface area (TPSA) is 83.2 Å². The van der Waals surface area contributed by atoms with Crippen molar-refractivity contribution in [1.29, 1.82) is 5.26 Å². The van der Waals surface area contributed by atoms with Crippen LogP contribution < -0.4 is 4.74 Å². The third kappa shape index (κ3) is 4.55. The molecule has 0 fully saturated rings. The van der Waals surface area contributed by atoms with Crippen molar-refractivity contribution in [3.8, 4) is 23.2 Å². The molecule has 1 N–H and O–H groups in total. The Morgan fingerprint density at radius 2 is 1.93 bits per heavy atom. The molecule has 7 heteroatoms. The van der Waals surface area contributed by atoms with Crippen molar-refractivity contribution in [2.24, 2.45) is 0 Å². The molecular weight excluding hydrogens is 378 g/mol. The average Bonchev–Trinajstić information content (AvgIpc) is 2.70. The Hall–Kier alpha value is -3.79. The van der Waals surface area contributed by atoms with Crippen LogP contribution in [0.1, 0.15) is 22.3 Å². The van der Waals surface area contributed by atoms with Crippen LogP contribution in [0.3, 0.4) is 0 Å². The summed E-state index contributed by atoms with van der Waals surface area (Å²) in [6.45, 7) is 1.47. The number of nitrogens with zero attached hydrogens (tertiary/aromatic N) is 2. The minimum absolute atomic E-state index is 0.0844. The minimum Gasteiger partial charge on any atom is -0.481 e. The first-order chi connectivity index (χ1) is 13.9. The molecule has 3 rings (SSSR count). The molecule has 0 radical (unpaired) electrons. The molecule has 5 nitrogen and oxygen atoms in total. The van der Waals surface area contributed by atoms with Crippen LogP contribution in [0.4, 0.5) is 8.78 Å². The van der Waals surface area contributed by atoms with Crippen LogP contribution in [-0.2, 0) is 17.8 Å². The number of hydrogen-bond donors (Lipinski definition) is 1. The second-order valence-corrected chi connectivity index (χ2v) is 6.35. The summed E-state index contributed by atoms with van der Waals surface area (Å²) < 4.78 is 34.0. The Morgan fingerprint density at radius 1 is 1.17 bits per heavy atom. The number of carbonyl (C=O) groups is 1. The zero-order valence-corrected chi connectivity index (χ0v) is 15.4. The number of ether oxygens (including phenoxy) is 1. The Balaban J connectivity index is 1.82. The molecule has 0 amide bonds. The molecule has 29 heavy (non-hydrogen) atoms. The first-order valence-electron chi connectivity index (χ1n) is 8.67. The van der Waals surface area contributed by atoms with Gasteiger partial charge in [-0.2, -0.15) is 5.26 Å². The Kier molecular flexibility index (Phi) is 5.84. The maximum Gasteiger partial charge on any atom is 0.307 e. The molecule has 1 heterocycles. The molecule has 0 spiro atoms. The van der Waals surface area contributed by atoms with Crippen molar-refractivity contribution in [1.82, 2.24) is 4.98 Å². The van der Waals surface area contributed by atoms with E-state index in [1.807, 2.05) is 6.07 Å². The maximum absolute atomic E-state index is 14.5. The number of rotatable bonds is 6. The zero-order valence-electron chi connectivity index (χ0n) is 15.4. The van der Waals surface area contributed by atoms with Crippen LogP contribution >= 0.6 is 0 Å². The van der Waals surface area contributed by atoms with E-state index in [1.54, 1.807) is 31.2 Å². The lowest BCUT2D eigenvalue weighted by Gasteiger charge is -2.11. The van der Waals surface area contributed by atoms with Gasteiger partial charge in [0.05, 0.1) is 23.7 Å². The number of nitriles is 1. The SMILES string of the molecule is Cc1c(-c2cccc(OCc3ccc(C#N)cc3F)n2)ccc(CC(=O)O)c1F. The van der Waals surface area contributed by atoms with Crippen LogP contribution in [0.25, 0.3) is 11.3 Å². The third-order valence-electron chi connectivity index (χ3n) is 4.37. The Morgan fingerprint density at radius 3 is 2.62 bits per heavy atom. The number of hydrogen-bond acceptors (Lipinski definition) is 4. The maximum atomic E-state index is 14.5. The minimum atomic E-state index is -1.11. The molecule has 0 aliphatic carbocycles. The van der Waals surface area contributed by atoms with Gasteiger partial charge in [-0.1, -0.05) is 24.3 Å². The third-order valence-corrected chi connectivity index (χ3v) is 4.37. The van der Waals surface area contributed by atoms with Gasteiger partial charge in [-0.05, 0) is 36.2 Å². The van der Waals surface area contributed by atoms with Crippen molar-refractivity contribution >= 4 is 5.97 Å². The van der Waals surface area contributed by atoms with Gasteiger partial charge in [0, 0.05) is 17.2 Å². The van der Waals surface area contributed by atoms with E-state index in [0.29, 0.717) is 11.3 Å². The fourth-order valence-corrected chi connectivity index (χ4v) is 2.85. The second-order valence-electron chi connectivity index (χ2n) is 6.35. The summed E-state index contributed by atoms with van der Waals surface area (Å²) in [4.78, 5) is 15.2. The fraction of sp³-hybridized carbons (Fsp3) is 0.136. The predicted molar refractivity (Wildman–Crippen MR) is 101 cm³/mol. The van der Waals surface area contributed by atoms with Crippen molar-refractivity contribution in [3.63, 3.8) is 0 Å². The number of carboxylic acid groups (broad SMARTS) is 1. The van der Waals surface area contributed by atoms with Crippen molar-refractivity contribution in [2.45, 2.75) is 20.0 Å². The van der Waals surface area contributed by atoms with Gasteiger partial charge in [0.2, 0.25) is 5.88 Å². The highest BCUT2D eigenvalue weighted by Gasteiger charge is 2.15. The smallest absolute Gasteiger partial charge is 0.307 e. The standard InChI is InChI=1S/C22H16F2N2O3/c1-13-17(8-7-15(22(13)24)10-21(27)28)19-3-2-4-20(26-19)29-12-16-6-5-14(11-25)9-18(16)23/h2-9H,10,12H2,1H3,(H,27,28). The molecule has 0 atom stereocenters. The number of carboxylic acids is 1. The lowest BCUT2D eigenvalue weighted by molar-refractivity contribution is -0.136. The molecule has 0 bridgehead atoms. The van der Waals surface area contributed by atoms with Gasteiger partial charge in [0.1, 0.15) is 18.2 Å². The first-order valence-corrected chi connectivity index (χ1v) is 8.67. The van der Waals surface area contributed by atoms with E-state index in [4.69, 9.17) is 15.1 Å². The van der Waals surface area contributed by atoms with Gasteiger partial charge in [-0.3, -0.25) is 4.79 Å². The summed E-state index contributed by atoms with van der Waals surface area (Å²) in [6.07, 6.45) is -0.403. The Bertz CT molecular complexity index is 1120. The highest BCUT2D eigenvalue weighted by atomic mass is 19.1. The second kappa shape index (κ2) is 8.48. The molecule has 0 aliphatic rings. The molecule has 2 aromatic carbocycles. The summed E-state index contributed by atoms with van der Waals surface area (Å²) in [5, 5.41) is 17.7. The molecule has 0 saturated carbocycles. The molecular formula is C22H16F2N2O3. The number of pyridine rings is 1. The summed E-state index contributed by atoms with van der Waals surface area (Å²) in [5.74, 6) is -2.02. The van der Waals surface area contributed by atoms with E-state index in [-0.39, 0.29) is 34.7 Å². The first kappa shape index (κ1) is 20.0. The van der Waals surface area contributed by atoms with Crippen LogP contribution in [0, 0.1) is 29.9 Å². The molecule has 0 saturated heterocycles. The summed E-state index contributed by atoms with van der Waals surface area (Å²) in [7, 11) is 0. The van der Waals surface area contributed by atoms with Crippen molar-refractivity contribution in [2.75, 3.05) is 0 Å². The van der Waals surface area contributed by atoms with Gasteiger partial charge in [-0.25, -0.2) is 13.8 Å². The van der Waals surface area contributed by atoms with Crippen LogP contribution in [0.15, 0.2) is 48.5 Å². The summed E-state index contributed by atoms with van der Waals surface area (Å²) >= 11 is 0. The molecule has 0 unspecified atom stereocenters. The molecule has 3 aromatic rings. The molecule has 0 aliphatic heterocycles. The Labute approximate surface area is 165 Å². The highest BCUT2D eigenvalue weighted by molar-refractivity contribution is 5.72. The zero-order chi connectivity index (χ0) is 21.0. The van der Waals surface area contributed by atoms with Crippen molar-refractivity contribution < 1.29 is 23.4 Å². The number of benzene rings is 2. The van der Waals surface area contributed by atoms with Crippen LogP contribution in [0.2, 0.25) is 0 Å². The summed E-state index contributed by atoms with van der Waals surface area (Å²) in [5.41, 5.74) is 1.83. The number of halogens is 2. The van der Waals surface area contributed by atoms with Gasteiger partial charge in [-0.15, -0.1) is 0 Å². The average molecular weight is 394 g/mol. The van der Waals surface area contributed by atoms with E-state index in [1.165, 1.54) is 18.2 Å². The monoisotopic (exact) mass is 394 g/mol. The highest BCUT2D eigenvalue weighted by Crippen LogP contribution is 2.27. The fourth-order valence-electron chi connectivity index (χ4n) is 2.85. The van der Waals surface area contributed by atoms with E-state index in [0.717, 1.165) is 6.07 Å². The van der Waals surface area contributed by atoms with Crippen molar-refractivity contribution in [3.05, 3.63) is 82.4 Å². The van der Waals surface area contributed by atoms with Gasteiger partial charge in [0.15, 0.2) is 0 Å².